The van der Waals surface area contributed by atoms with Gasteiger partial charge in [0.05, 0.1) is 4.88 Å². The van der Waals surface area contributed by atoms with Crippen LogP contribution in [0.15, 0.2) is 17.5 Å². The van der Waals surface area contributed by atoms with Crippen LogP contribution >= 0.6 is 22.7 Å². The third-order valence-electron chi connectivity index (χ3n) is 2.33. The molecule has 5 nitrogen and oxygen atoms in total. The fraction of sp³-hybridized carbons (Fsp3) is 0.250. The SMILES string of the molecule is CC(C)C(=O)Nc1nc(-c2cccs2)c(C(=O)O)s1. The predicted octanol–water partition coefficient (Wildman–Crippen LogP) is 3.16. The summed E-state index contributed by atoms with van der Waals surface area (Å²) in [6.07, 6.45) is 0. The minimum absolute atomic E-state index is 0.140. The molecule has 2 aromatic heterocycles. The second-order valence-corrected chi connectivity index (χ2v) is 6.07. The zero-order valence-corrected chi connectivity index (χ0v) is 12.0. The van der Waals surface area contributed by atoms with Gasteiger partial charge in [0.2, 0.25) is 5.91 Å². The molecule has 2 heterocycles. The number of rotatable bonds is 4. The van der Waals surface area contributed by atoms with Crippen molar-refractivity contribution in [1.82, 2.24) is 4.98 Å². The highest BCUT2D eigenvalue weighted by atomic mass is 32.1. The van der Waals surface area contributed by atoms with Gasteiger partial charge in [0.25, 0.3) is 0 Å². The number of carbonyl (C=O) groups is 2. The first-order chi connectivity index (χ1) is 8.99. The van der Waals surface area contributed by atoms with E-state index in [0.29, 0.717) is 10.8 Å². The van der Waals surface area contributed by atoms with Crippen LogP contribution in [0.5, 0.6) is 0 Å². The van der Waals surface area contributed by atoms with Crippen LogP contribution in [0.3, 0.4) is 0 Å². The third-order valence-corrected chi connectivity index (χ3v) is 4.17. The van der Waals surface area contributed by atoms with Gasteiger partial charge in [-0.15, -0.1) is 11.3 Å². The molecule has 0 saturated heterocycles. The summed E-state index contributed by atoms with van der Waals surface area (Å²) >= 11 is 2.39. The van der Waals surface area contributed by atoms with Gasteiger partial charge in [0, 0.05) is 5.92 Å². The highest BCUT2D eigenvalue weighted by molar-refractivity contribution is 7.19. The normalized spacial score (nSPS) is 10.7. The zero-order valence-electron chi connectivity index (χ0n) is 10.3. The molecule has 7 heteroatoms. The molecule has 0 aliphatic heterocycles. The largest absolute Gasteiger partial charge is 0.477 e. The molecule has 0 aliphatic carbocycles. The summed E-state index contributed by atoms with van der Waals surface area (Å²) in [5.74, 6) is -1.39. The Morgan fingerprint density at radius 2 is 2.16 bits per heavy atom. The summed E-state index contributed by atoms with van der Waals surface area (Å²) in [6.45, 7) is 3.53. The molecule has 0 fully saturated rings. The molecule has 0 spiro atoms. The number of aromatic nitrogens is 1. The van der Waals surface area contributed by atoms with Gasteiger partial charge in [0.15, 0.2) is 5.13 Å². The Kier molecular flexibility index (Phi) is 3.96. The Morgan fingerprint density at radius 3 is 2.68 bits per heavy atom. The molecule has 1 amide bonds. The van der Waals surface area contributed by atoms with E-state index in [1.165, 1.54) is 11.3 Å². The minimum atomic E-state index is -1.04. The van der Waals surface area contributed by atoms with Crippen LogP contribution in [0.1, 0.15) is 23.5 Å². The first-order valence-electron chi connectivity index (χ1n) is 5.58. The van der Waals surface area contributed by atoms with Crippen molar-refractivity contribution in [2.45, 2.75) is 13.8 Å². The van der Waals surface area contributed by atoms with Crippen LogP contribution in [0, 0.1) is 5.92 Å². The predicted molar refractivity (Wildman–Crippen MR) is 75.9 cm³/mol. The highest BCUT2D eigenvalue weighted by Gasteiger charge is 2.20. The van der Waals surface area contributed by atoms with Gasteiger partial charge in [0.1, 0.15) is 10.6 Å². The van der Waals surface area contributed by atoms with E-state index in [9.17, 15) is 14.7 Å². The zero-order chi connectivity index (χ0) is 14.0. The lowest BCUT2D eigenvalue weighted by Gasteiger charge is -2.02. The number of amides is 1. The number of hydrogen-bond donors (Lipinski definition) is 2. The number of carboxylic acids is 1. The number of nitrogens with zero attached hydrogens (tertiary/aromatic N) is 1. The highest BCUT2D eigenvalue weighted by Crippen LogP contribution is 2.33. The number of nitrogens with one attached hydrogen (secondary N) is 1. The van der Waals surface area contributed by atoms with Gasteiger partial charge in [-0.05, 0) is 11.4 Å². The Bertz CT molecular complexity index is 603. The Balaban J connectivity index is 2.36. The molecule has 0 atom stereocenters. The van der Waals surface area contributed by atoms with Crippen molar-refractivity contribution in [2.24, 2.45) is 5.92 Å². The van der Waals surface area contributed by atoms with Crippen LogP contribution in [0.25, 0.3) is 10.6 Å². The lowest BCUT2D eigenvalue weighted by Crippen LogP contribution is -2.17. The second-order valence-electron chi connectivity index (χ2n) is 4.12. The number of hydrogen-bond acceptors (Lipinski definition) is 5. The summed E-state index contributed by atoms with van der Waals surface area (Å²) < 4.78 is 0. The number of aromatic carboxylic acids is 1. The van der Waals surface area contributed by atoms with Crippen LogP contribution in [0.4, 0.5) is 5.13 Å². The maximum absolute atomic E-state index is 11.6. The molecular weight excluding hydrogens is 284 g/mol. The van der Waals surface area contributed by atoms with E-state index in [0.717, 1.165) is 16.2 Å². The van der Waals surface area contributed by atoms with E-state index in [4.69, 9.17) is 0 Å². The Hall–Kier alpha value is -1.73. The fourth-order valence-corrected chi connectivity index (χ4v) is 2.95. The number of anilines is 1. The molecule has 0 unspecified atom stereocenters. The number of carboxylic acid groups (broad SMARTS) is 1. The molecule has 0 bridgehead atoms. The van der Waals surface area contributed by atoms with Crippen LogP contribution in [-0.2, 0) is 4.79 Å². The maximum atomic E-state index is 11.6. The first kappa shape index (κ1) is 13.7. The maximum Gasteiger partial charge on any atom is 0.348 e. The molecule has 0 aliphatic rings. The first-order valence-corrected chi connectivity index (χ1v) is 7.27. The van der Waals surface area contributed by atoms with Crippen molar-refractivity contribution in [1.29, 1.82) is 0 Å². The summed E-state index contributed by atoms with van der Waals surface area (Å²) in [5.41, 5.74) is 0.409. The van der Waals surface area contributed by atoms with E-state index in [1.54, 1.807) is 19.9 Å². The molecule has 0 radical (unpaired) electrons. The van der Waals surface area contributed by atoms with Crippen molar-refractivity contribution >= 4 is 39.7 Å². The van der Waals surface area contributed by atoms with Crippen molar-refractivity contribution in [3.05, 3.63) is 22.4 Å². The lowest BCUT2D eigenvalue weighted by atomic mass is 10.2. The van der Waals surface area contributed by atoms with Gasteiger partial charge in [-0.3, -0.25) is 4.79 Å². The summed E-state index contributed by atoms with van der Waals surface area (Å²) in [4.78, 5) is 27.9. The summed E-state index contributed by atoms with van der Waals surface area (Å²) in [7, 11) is 0. The van der Waals surface area contributed by atoms with Crippen LogP contribution in [-0.4, -0.2) is 22.0 Å². The lowest BCUT2D eigenvalue weighted by molar-refractivity contribution is -0.118. The van der Waals surface area contributed by atoms with E-state index in [1.807, 2.05) is 11.4 Å². The van der Waals surface area contributed by atoms with Crippen LogP contribution < -0.4 is 5.32 Å². The fourth-order valence-electron chi connectivity index (χ4n) is 1.35. The Morgan fingerprint density at radius 1 is 1.42 bits per heavy atom. The molecule has 2 N–H and O–H groups in total. The van der Waals surface area contributed by atoms with Crippen molar-refractivity contribution in [3.63, 3.8) is 0 Å². The molecule has 2 rings (SSSR count). The number of thiazole rings is 1. The summed E-state index contributed by atoms with van der Waals surface area (Å²) in [6, 6.07) is 3.64. The molecule has 0 saturated carbocycles. The molecule has 2 aromatic rings. The molecular formula is C12H12N2O3S2. The van der Waals surface area contributed by atoms with Gasteiger partial charge >= 0.3 is 5.97 Å². The van der Waals surface area contributed by atoms with Gasteiger partial charge in [-0.25, -0.2) is 9.78 Å². The van der Waals surface area contributed by atoms with Crippen molar-refractivity contribution < 1.29 is 14.7 Å². The second kappa shape index (κ2) is 5.50. The van der Waals surface area contributed by atoms with E-state index in [-0.39, 0.29) is 16.7 Å². The smallest absolute Gasteiger partial charge is 0.348 e. The quantitative estimate of drug-likeness (QED) is 0.908. The topological polar surface area (TPSA) is 79.3 Å². The number of thiophene rings is 1. The van der Waals surface area contributed by atoms with E-state index >= 15 is 0 Å². The average Bonchev–Trinajstić information content (AvgIpc) is 2.95. The molecule has 19 heavy (non-hydrogen) atoms. The van der Waals surface area contributed by atoms with E-state index in [2.05, 4.69) is 10.3 Å². The average molecular weight is 296 g/mol. The number of carbonyl (C=O) groups excluding carboxylic acids is 1. The standard InChI is InChI=1S/C12H12N2O3S2/c1-6(2)10(15)14-12-13-8(7-4-3-5-18-7)9(19-12)11(16)17/h3-6H,1-2H3,(H,16,17)(H,13,14,15). The van der Waals surface area contributed by atoms with Crippen molar-refractivity contribution in [3.8, 4) is 10.6 Å². The van der Waals surface area contributed by atoms with E-state index < -0.39 is 5.97 Å². The molecule has 0 aromatic carbocycles. The van der Waals surface area contributed by atoms with Gasteiger partial charge < -0.3 is 10.4 Å². The van der Waals surface area contributed by atoms with Crippen LogP contribution in [0.2, 0.25) is 0 Å². The summed E-state index contributed by atoms with van der Waals surface area (Å²) in [5, 5.41) is 14.0. The van der Waals surface area contributed by atoms with Gasteiger partial charge in [-0.2, -0.15) is 0 Å². The third kappa shape index (κ3) is 2.99. The van der Waals surface area contributed by atoms with Gasteiger partial charge in [-0.1, -0.05) is 31.3 Å². The Labute approximate surface area is 117 Å². The molecule has 100 valence electrons. The monoisotopic (exact) mass is 296 g/mol. The minimum Gasteiger partial charge on any atom is -0.477 e. The van der Waals surface area contributed by atoms with Crippen molar-refractivity contribution in [2.75, 3.05) is 5.32 Å².